The van der Waals surface area contributed by atoms with Gasteiger partial charge in [-0.3, -0.25) is 0 Å². The van der Waals surface area contributed by atoms with Crippen LogP contribution in [0.25, 0.3) is 0 Å². The van der Waals surface area contributed by atoms with Gasteiger partial charge in [0.25, 0.3) is 0 Å². The Kier molecular flexibility index (Phi) is 4.02. The van der Waals surface area contributed by atoms with Crippen LogP contribution in [-0.4, -0.2) is 12.2 Å². The van der Waals surface area contributed by atoms with E-state index in [9.17, 15) is 4.91 Å². The van der Waals surface area contributed by atoms with E-state index in [1.165, 1.54) is 11.1 Å². The zero-order valence-electron chi connectivity index (χ0n) is 15.9. The molecule has 0 saturated heterocycles. The van der Waals surface area contributed by atoms with Gasteiger partial charge in [0.2, 0.25) is 0 Å². The molecule has 1 atom stereocenters. The molecule has 2 aliphatic rings. The van der Waals surface area contributed by atoms with Crippen molar-refractivity contribution in [3.8, 4) is 11.5 Å². The molecule has 1 unspecified atom stereocenters. The van der Waals surface area contributed by atoms with Crippen LogP contribution in [0.2, 0.25) is 0 Å². The predicted molar refractivity (Wildman–Crippen MR) is 103 cm³/mol. The third-order valence-corrected chi connectivity index (χ3v) is 5.82. The van der Waals surface area contributed by atoms with Crippen molar-refractivity contribution in [2.45, 2.75) is 58.5 Å². The van der Waals surface area contributed by atoms with Crippen LogP contribution in [0.3, 0.4) is 0 Å². The summed E-state index contributed by atoms with van der Waals surface area (Å²) < 4.78 is 12.3. The minimum absolute atomic E-state index is 0.123. The van der Waals surface area contributed by atoms with Crippen molar-refractivity contribution in [2.75, 3.05) is 6.61 Å². The highest BCUT2D eigenvalue weighted by molar-refractivity contribution is 5.59. The van der Waals surface area contributed by atoms with Crippen LogP contribution >= 0.6 is 0 Å². The number of hydrogen-bond acceptors (Lipinski definition) is 4. The van der Waals surface area contributed by atoms with Crippen LogP contribution in [-0.2, 0) is 12.8 Å². The first kappa shape index (κ1) is 17.1. The highest BCUT2D eigenvalue weighted by atomic mass is 16.5. The molecule has 2 aliphatic heterocycles. The third-order valence-electron chi connectivity index (χ3n) is 5.82. The van der Waals surface area contributed by atoms with Gasteiger partial charge in [0.15, 0.2) is 0 Å². The Bertz CT molecular complexity index is 885. The van der Waals surface area contributed by atoms with E-state index in [-0.39, 0.29) is 11.5 Å². The fraction of sp³-hybridized carbons (Fsp3) is 0.455. The van der Waals surface area contributed by atoms with Gasteiger partial charge in [-0.15, -0.1) is 4.91 Å². The second kappa shape index (κ2) is 6.11. The van der Waals surface area contributed by atoms with Crippen molar-refractivity contribution in [1.29, 1.82) is 0 Å². The molecule has 0 aliphatic carbocycles. The van der Waals surface area contributed by atoms with Crippen molar-refractivity contribution in [3.63, 3.8) is 0 Å². The molecule has 0 saturated carbocycles. The van der Waals surface area contributed by atoms with E-state index in [2.05, 4.69) is 37.2 Å². The number of ether oxygens (including phenoxy) is 2. The lowest BCUT2D eigenvalue weighted by atomic mass is 9.85. The van der Waals surface area contributed by atoms with Crippen molar-refractivity contribution in [1.82, 2.24) is 0 Å². The van der Waals surface area contributed by atoms with E-state index in [0.29, 0.717) is 12.3 Å². The predicted octanol–water partition coefficient (Wildman–Crippen LogP) is 5.52. The summed E-state index contributed by atoms with van der Waals surface area (Å²) in [5.74, 6) is 2.08. The summed E-state index contributed by atoms with van der Waals surface area (Å²) in [6, 6.07) is 8.27. The summed E-state index contributed by atoms with van der Waals surface area (Å²) in [5, 5.41) is 3.32. The second-order valence-corrected chi connectivity index (χ2v) is 8.14. The van der Waals surface area contributed by atoms with Gasteiger partial charge >= 0.3 is 0 Å². The normalized spacial score (nSPS) is 20.4. The van der Waals surface area contributed by atoms with E-state index >= 15 is 0 Å². The van der Waals surface area contributed by atoms with Crippen molar-refractivity contribution in [3.05, 3.63) is 57.0 Å². The second-order valence-electron chi connectivity index (χ2n) is 8.14. The molecule has 0 N–H and O–H groups in total. The molecule has 0 spiro atoms. The highest BCUT2D eigenvalue weighted by Crippen LogP contribution is 2.45. The van der Waals surface area contributed by atoms with Gasteiger partial charge in [-0.25, -0.2) is 0 Å². The molecule has 0 amide bonds. The molecule has 4 rings (SSSR count). The number of hydrogen-bond donors (Lipinski definition) is 0. The smallest absolute Gasteiger partial charge is 0.129 e. The Morgan fingerprint density at radius 3 is 2.73 bits per heavy atom. The third kappa shape index (κ3) is 2.77. The van der Waals surface area contributed by atoms with Gasteiger partial charge in [0, 0.05) is 11.5 Å². The average Bonchev–Trinajstić information content (AvgIpc) is 2.62. The Balaban J connectivity index is 1.68. The Hall–Kier alpha value is -2.36. The van der Waals surface area contributed by atoms with Crippen molar-refractivity contribution < 1.29 is 9.47 Å². The Morgan fingerprint density at radius 1 is 1.15 bits per heavy atom. The van der Waals surface area contributed by atoms with E-state index in [0.717, 1.165) is 47.5 Å². The average molecular weight is 351 g/mol. The molecule has 26 heavy (non-hydrogen) atoms. The first-order valence-corrected chi connectivity index (χ1v) is 9.29. The number of nitrogens with zero attached hydrogens (tertiary/aromatic N) is 1. The van der Waals surface area contributed by atoms with E-state index in [1.807, 2.05) is 19.9 Å². The lowest BCUT2D eigenvalue weighted by Crippen LogP contribution is -2.33. The quantitative estimate of drug-likeness (QED) is 0.669. The SMILES string of the molecule is Cc1ccc(C2COc3c(ccc4c3CCC(C)(C)O4)C2)c(N=O)c1C. The first-order chi connectivity index (χ1) is 12.4. The monoisotopic (exact) mass is 351 g/mol. The summed E-state index contributed by atoms with van der Waals surface area (Å²) >= 11 is 0. The molecule has 4 nitrogen and oxygen atoms in total. The van der Waals surface area contributed by atoms with Gasteiger partial charge in [-0.05, 0) is 80.5 Å². The fourth-order valence-electron chi connectivity index (χ4n) is 4.09. The van der Waals surface area contributed by atoms with E-state index < -0.39 is 0 Å². The molecule has 2 aromatic rings. The zero-order chi connectivity index (χ0) is 18.5. The molecule has 136 valence electrons. The maximum atomic E-state index is 11.4. The molecule has 0 aromatic heterocycles. The fourth-order valence-corrected chi connectivity index (χ4v) is 4.09. The van der Waals surface area contributed by atoms with E-state index in [1.54, 1.807) is 0 Å². The molecule has 2 aromatic carbocycles. The largest absolute Gasteiger partial charge is 0.492 e. The lowest BCUT2D eigenvalue weighted by molar-refractivity contribution is 0.0827. The van der Waals surface area contributed by atoms with Crippen LogP contribution in [0.5, 0.6) is 11.5 Å². The van der Waals surface area contributed by atoms with Gasteiger partial charge in [-0.2, -0.15) is 0 Å². The molecule has 4 heteroatoms. The number of nitroso groups, excluding NO2 is 1. The highest BCUT2D eigenvalue weighted by Gasteiger charge is 2.32. The van der Waals surface area contributed by atoms with Crippen molar-refractivity contribution >= 4 is 5.69 Å². The van der Waals surface area contributed by atoms with E-state index in [4.69, 9.17) is 9.47 Å². The summed E-state index contributed by atoms with van der Waals surface area (Å²) in [6.45, 7) is 8.79. The molecule has 2 heterocycles. The van der Waals surface area contributed by atoms with Crippen LogP contribution in [0, 0.1) is 18.8 Å². The lowest BCUT2D eigenvalue weighted by Gasteiger charge is -2.36. The number of benzene rings is 2. The number of rotatable bonds is 2. The molecular formula is C22H25NO3. The molecular weight excluding hydrogens is 326 g/mol. The van der Waals surface area contributed by atoms with Gasteiger partial charge in [0.05, 0.1) is 6.61 Å². The van der Waals surface area contributed by atoms with Crippen LogP contribution in [0.4, 0.5) is 5.69 Å². The molecule has 0 bridgehead atoms. The summed E-state index contributed by atoms with van der Waals surface area (Å²) in [7, 11) is 0. The van der Waals surface area contributed by atoms with Crippen LogP contribution in [0.15, 0.2) is 29.4 Å². The molecule has 0 fully saturated rings. The number of aryl methyl sites for hydroxylation is 1. The van der Waals surface area contributed by atoms with Gasteiger partial charge in [-0.1, -0.05) is 18.2 Å². The standard InChI is InChI=1S/C22H25NO3/c1-13-5-7-17(20(23-24)14(13)2)16-11-15-6-8-19-18(21(15)25-12-16)9-10-22(3,4)26-19/h5-8,16H,9-12H2,1-4H3. The topological polar surface area (TPSA) is 47.9 Å². The zero-order valence-corrected chi connectivity index (χ0v) is 15.9. The summed E-state index contributed by atoms with van der Waals surface area (Å²) in [4.78, 5) is 11.4. The Morgan fingerprint density at radius 2 is 1.96 bits per heavy atom. The first-order valence-electron chi connectivity index (χ1n) is 9.29. The van der Waals surface area contributed by atoms with Gasteiger partial charge in [0.1, 0.15) is 22.8 Å². The van der Waals surface area contributed by atoms with Crippen molar-refractivity contribution in [2.24, 2.45) is 5.18 Å². The van der Waals surface area contributed by atoms with Gasteiger partial charge < -0.3 is 9.47 Å². The number of fused-ring (bicyclic) bond motifs is 3. The maximum absolute atomic E-state index is 11.4. The van der Waals surface area contributed by atoms with Crippen LogP contribution < -0.4 is 9.47 Å². The Labute approximate surface area is 154 Å². The minimum atomic E-state index is -0.123. The summed E-state index contributed by atoms with van der Waals surface area (Å²) in [6.07, 6.45) is 2.82. The van der Waals surface area contributed by atoms with Crippen LogP contribution in [0.1, 0.15) is 54.0 Å². The summed E-state index contributed by atoms with van der Waals surface area (Å²) in [5.41, 5.74) is 5.88. The molecule has 0 radical (unpaired) electrons. The maximum Gasteiger partial charge on any atom is 0.129 e. The minimum Gasteiger partial charge on any atom is -0.492 e.